The molecular weight excluding hydrogens is 503 g/mol. The minimum atomic E-state index is -0.658. The molecule has 1 N–H and O–H groups in total. The number of rotatable bonds is 8. The molecule has 7 heteroatoms. The van der Waals surface area contributed by atoms with Crippen molar-refractivity contribution in [2.24, 2.45) is 5.92 Å². The Hall–Kier alpha value is -4.02. The molecule has 3 aromatic carbocycles. The molecule has 206 valence electrons. The zero-order chi connectivity index (χ0) is 28.3. The largest absolute Gasteiger partial charge is 0.347 e. The number of piperidine rings is 1. The lowest BCUT2D eigenvalue weighted by Crippen LogP contribution is -2.53. The number of hydrogen-bond acceptors (Lipinski definition) is 4. The van der Waals surface area contributed by atoms with E-state index in [0.717, 1.165) is 55.6 Å². The van der Waals surface area contributed by atoms with E-state index in [1.807, 2.05) is 30.3 Å². The summed E-state index contributed by atoms with van der Waals surface area (Å²) in [5, 5.41) is 12.5. The van der Waals surface area contributed by atoms with E-state index in [9.17, 15) is 19.2 Å². The highest BCUT2D eigenvalue weighted by Gasteiger charge is 2.62. The van der Waals surface area contributed by atoms with Gasteiger partial charge in [0.05, 0.1) is 22.6 Å². The number of hydrogen-bond donors (Lipinski definition) is 1. The lowest BCUT2D eigenvalue weighted by Gasteiger charge is -2.43. The van der Waals surface area contributed by atoms with Crippen molar-refractivity contribution in [1.29, 1.82) is 5.26 Å². The van der Waals surface area contributed by atoms with Gasteiger partial charge in [0.1, 0.15) is 5.82 Å². The van der Waals surface area contributed by atoms with Crippen LogP contribution >= 0.6 is 0 Å². The Morgan fingerprint density at radius 1 is 1.00 bits per heavy atom. The molecule has 2 amide bonds. The number of benzene rings is 3. The maximum atomic E-state index is 14.0. The Labute approximate surface area is 235 Å². The number of carbonyl (C=O) groups excluding carboxylic acids is 2. The van der Waals surface area contributed by atoms with Gasteiger partial charge in [-0.1, -0.05) is 54.6 Å². The first-order valence-corrected chi connectivity index (χ1v) is 13.8. The van der Waals surface area contributed by atoms with Crippen LogP contribution in [0.5, 0.6) is 0 Å². The summed E-state index contributed by atoms with van der Waals surface area (Å²) < 4.78 is 13.4. The third kappa shape index (κ3) is 5.50. The van der Waals surface area contributed by atoms with E-state index in [0.29, 0.717) is 12.1 Å². The van der Waals surface area contributed by atoms with E-state index in [1.165, 1.54) is 12.1 Å². The Kier molecular flexibility index (Phi) is 7.73. The van der Waals surface area contributed by atoms with Gasteiger partial charge >= 0.3 is 0 Å². The highest BCUT2D eigenvalue weighted by molar-refractivity contribution is 5.92. The Morgan fingerprint density at radius 2 is 1.65 bits per heavy atom. The molecular formula is C33H35FN4O2. The lowest BCUT2D eigenvalue weighted by molar-refractivity contribution is -0.133. The van der Waals surface area contributed by atoms with Gasteiger partial charge in [0.15, 0.2) is 0 Å². The van der Waals surface area contributed by atoms with Gasteiger partial charge in [0.25, 0.3) is 0 Å². The van der Waals surface area contributed by atoms with Gasteiger partial charge in [0, 0.05) is 40.2 Å². The van der Waals surface area contributed by atoms with Gasteiger partial charge in [-0.3, -0.25) is 9.59 Å². The van der Waals surface area contributed by atoms with Crippen molar-refractivity contribution in [2.75, 3.05) is 26.7 Å². The van der Waals surface area contributed by atoms with E-state index >= 15 is 0 Å². The van der Waals surface area contributed by atoms with E-state index in [2.05, 4.69) is 28.4 Å². The Bertz CT molecular complexity index is 1390. The molecule has 3 aromatic rings. The molecule has 0 radical (unpaired) electrons. The summed E-state index contributed by atoms with van der Waals surface area (Å²) in [6.07, 6.45) is 2.33. The van der Waals surface area contributed by atoms with Crippen LogP contribution in [-0.4, -0.2) is 48.3 Å². The average Bonchev–Trinajstić information content (AvgIpc) is 3.69. The van der Waals surface area contributed by atoms with E-state index in [1.54, 1.807) is 43.1 Å². The van der Waals surface area contributed by atoms with Gasteiger partial charge in [-0.05, 0) is 66.1 Å². The summed E-state index contributed by atoms with van der Waals surface area (Å²) in [5.74, 6) is -0.159. The summed E-state index contributed by atoms with van der Waals surface area (Å²) in [6.45, 7) is 4.37. The number of nitrogens with one attached hydrogen (secondary N) is 1. The van der Waals surface area contributed by atoms with Crippen LogP contribution in [0.4, 0.5) is 4.39 Å². The number of nitriles is 1. The monoisotopic (exact) mass is 538 g/mol. The minimum absolute atomic E-state index is 0.0332. The smallest absolute Gasteiger partial charge is 0.233 e. The number of carbonyl (C=O) groups is 2. The first kappa shape index (κ1) is 27.5. The molecule has 1 saturated heterocycles. The maximum Gasteiger partial charge on any atom is 0.233 e. The third-order valence-electron chi connectivity index (χ3n) is 8.63. The van der Waals surface area contributed by atoms with Crippen LogP contribution in [0.15, 0.2) is 78.9 Å². The highest BCUT2D eigenvalue weighted by atomic mass is 19.1. The molecule has 0 aromatic heterocycles. The SMILES string of the molecule is CC(=O)NC1(c2ccccc2)CCN(C[C@@H]2C[C@@]2(C(=O)N(C)Cc2ccc(F)cc2)c2ccc(C#N)cc2)CC1. The maximum absolute atomic E-state index is 14.0. The van der Waals surface area contributed by atoms with Crippen molar-refractivity contribution < 1.29 is 14.0 Å². The average molecular weight is 539 g/mol. The van der Waals surface area contributed by atoms with Crippen LogP contribution in [-0.2, 0) is 27.1 Å². The van der Waals surface area contributed by atoms with Gasteiger partial charge in [0.2, 0.25) is 11.8 Å². The summed E-state index contributed by atoms with van der Waals surface area (Å²) >= 11 is 0. The minimum Gasteiger partial charge on any atom is -0.347 e. The normalized spacial score (nSPS) is 21.7. The van der Waals surface area contributed by atoms with Crippen LogP contribution < -0.4 is 5.32 Å². The molecule has 2 aliphatic rings. The first-order chi connectivity index (χ1) is 19.3. The first-order valence-electron chi connectivity index (χ1n) is 13.8. The van der Waals surface area contributed by atoms with Crippen LogP contribution in [0.25, 0.3) is 0 Å². The quantitative estimate of drug-likeness (QED) is 0.450. The molecule has 2 atom stereocenters. The Morgan fingerprint density at radius 3 is 2.25 bits per heavy atom. The van der Waals surface area contributed by atoms with Gasteiger partial charge in [-0.2, -0.15) is 5.26 Å². The number of amides is 2. The number of nitrogens with zero attached hydrogens (tertiary/aromatic N) is 3. The lowest BCUT2D eigenvalue weighted by atomic mass is 9.80. The standard InChI is InChI=1S/C33H35FN4O2/c1-24(39)36-32(27-6-4-3-5-7-27)16-18-38(19-17-32)23-29-20-33(29,28-12-8-25(21-35)9-13-28)31(40)37(2)22-26-10-14-30(34)15-11-26/h3-15,29H,16-20,22-23H2,1-2H3,(H,36,39)/t29-,33+/m0/s1. The predicted octanol–water partition coefficient (Wildman–Crippen LogP) is 4.74. The molecule has 0 spiro atoms. The fourth-order valence-electron chi connectivity index (χ4n) is 6.42. The molecule has 0 bridgehead atoms. The van der Waals surface area contributed by atoms with Crippen molar-refractivity contribution in [2.45, 2.75) is 43.7 Å². The summed E-state index contributed by atoms with van der Waals surface area (Å²) in [4.78, 5) is 30.3. The van der Waals surface area contributed by atoms with Crippen molar-refractivity contribution >= 4 is 11.8 Å². The number of likely N-dealkylation sites (tertiary alicyclic amines) is 1. The molecule has 1 aliphatic carbocycles. The predicted molar refractivity (Wildman–Crippen MR) is 151 cm³/mol. The van der Waals surface area contributed by atoms with Gasteiger partial charge < -0.3 is 15.1 Å². The molecule has 6 nitrogen and oxygen atoms in total. The second-order valence-electron chi connectivity index (χ2n) is 11.3. The molecule has 1 saturated carbocycles. The summed E-state index contributed by atoms with van der Waals surface area (Å²) in [5.41, 5.74) is 2.45. The fourth-order valence-corrected chi connectivity index (χ4v) is 6.42. The zero-order valence-electron chi connectivity index (χ0n) is 23.1. The topological polar surface area (TPSA) is 76.4 Å². The molecule has 40 heavy (non-hydrogen) atoms. The van der Waals surface area contributed by atoms with Gasteiger partial charge in [-0.15, -0.1) is 0 Å². The molecule has 1 heterocycles. The van der Waals surface area contributed by atoms with Crippen molar-refractivity contribution in [1.82, 2.24) is 15.1 Å². The second-order valence-corrected chi connectivity index (χ2v) is 11.3. The van der Waals surface area contributed by atoms with Crippen LogP contribution in [0.3, 0.4) is 0 Å². The van der Waals surface area contributed by atoms with E-state index < -0.39 is 5.41 Å². The summed E-state index contributed by atoms with van der Waals surface area (Å²) in [7, 11) is 1.80. The number of likely N-dealkylation sites (N-methyl/N-ethyl adjacent to an activating group) is 1. The van der Waals surface area contributed by atoms with E-state index in [4.69, 9.17) is 0 Å². The highest BCUT2D eigenvalue weighted by Crippen LogP contribution is 2.56. The molecule has 5 rings (SSSR count). The van der Waals surface area contributed by atoms with E-state index in [-0.39, 0.29) is 29.1 Å². The Balaban J connectivity index is 1.33. The van der Waals surface area contributed by atoms with Crippen molar-refractivity contribution in [3.8, 4) is 6.07 Å². The molecule has 2 fully saturated rings. The zero-order valence-corrected chi connectivity index (χ0v) is 23.1. The van der Waals surface area contributed by atoms with Crippen molar-refractivity contribution in [3.05, 3.63) is 107 Å². The van der Waals surface area contributed by atoms with Crippen molar-refractivity contribution in [3.63, 3.8) is 0 Å². The molecule has 1 aliphatic heterocycles. The summed E-state index contributed by atoms with van der Waals surface area (Å²) in [6, 6.07) is 26.0. The van der Waals surface area contributed by atoms with Gasteiger partial charge in [-0.25, -0.2) is 4.39 Å². The van der Waals surface area contributed by atoms with Crippen LogP contribution in [0, 0.1) is 23.1 Å². The number of halogens is 1. The molecule has 0 unspecified atom stereocenters. The second kappa shape index (κ2) is 11.2. The third-order valence-corrected chi connectivity index (χ3v) is 8.63. The van der Waals surface area contributed by atoms with Crippen LogP contribution in [0.1, 0.15) is 48.4 Å². The fraction of sp³-hybridized carbons (Fsp3) is 0.364. The van der Waals surface area contributed by atoms with Crippen LogP contribution in [0.2, 0.25) is 0 Å².